The Bertz CT molecular complexity index is 336. The zero-order chi connectivity index (χ0) is 12.8. The number of aliphatic hydroxyl groups excluding tert-OH is 1. The Kier molecular flexibility index (Phi) is 5.18. The molecule has 17 heavy (non-hydrogen) atoms. The predicted octanol–water partition coefficient (Wildman–Crippen LogP) is 0.597. The summed E-state index contributed by atoms with van der Waals surface area (Å²) in [5.74, 6) is 0.647. The van der Waals surface area contributed by atoms with Crippen molar-refractivity contribution in [3.8, 4) is 0 Å². The molecule has 0 aliphatic carbocycles. The molecule has 1 amide bonds. The minimum Gasteiger partial charge on any atom is -0.467 e. The van der Waals surface area contributed by atoms with Gasteiger partial charge < -0.3 is 14.8 Å². The highest BCUT2D eigenvalue weighted by atomic mass is 16.3. The fourth-order valence-corrected chi connectivity index (χ4v) is 1.51. The molecular formula is C12H20N2O3. The molecule has 0 radical (unpaired) electrons. The summed E-state index contributed by atoms with van der Waals surface area (Å²) in [4.78, 5) is 13.6. The van der Waals surface area contributed by atoms with E-state index in [9.17, 15) is 9.90 Å². The lowest BCUT2D eigenvalue weighted by molar-refractivity contribution is -0.126. The largest absolute Gasteiger partial charge is 0.467 e. The first-order chi connectivity index (χ1) is 8.00. The second-order valence-electron chi connectivity index (χ2n) is 4.26. The zero-order valence-corrected chi connectivity index (χ0v) is 10.5. The summed E-state index contributed by atoms with van der Waals surface area (Å²) >= 11 is 0. The Labute approximate surface area is 101 Å². The van der Waals surface area contributed by atoms with Crippen molar-refractivity contribution in [3.05, 3.63) is 24.2 Å². The first kappa shape index (κ1) is 13.7. The summed E-state index contributed by atoms with van der Waals surface area (Å²) in [5, 5.41) is 12.0. The van der Waals surface area contributed by atoms with E-state index in [2.05, 4.69) is 5.32 Å². The molecule has 2 atom stereocenters. The van der Waals surface area contributed by atoms with Crippen molar-refractivity contribution >= 4 is 5.91 Å². The van der Waals surface area contributed by atoms with Crippen LogP contribution in [-0.4, -0.2) is 41.7 Å². The molecule has 2 unspecified atom stereocenters. The first-order valence-corrected chi connectivity index (χ1v) is 5.69. The fraction of sp³-hybridized carbons (Fsp3) is 0.583. The third-order valence-corrected chi connectivity index (χ3v) is 2.61. The molecule has 1 rings (SSSR count). The number of nitrogens with one attached hydrogen (secondary N) is 1. The molecule has 0 aromatic carbocycles. The van der Waals surface area contributed by atoms with Crippen LogP contribution in [0.2, 0.25) is 0 Å². The van der Waals surface area contributed by atoms with Crippen LogP contribution in [0.1, 0.15) is 19.6 Å². The van der Waals surface area contributed by atoms with Crippen LogP contribution in [0.15, 0.2) is 22.8 Å². The van der Waals surface area contributed by atoms with Gasteiger partial charge in [-0.3, -0.25) is 9.69 Å². The third kappa shape index (κ3) is 4.58. The van der Waals surface area contributed by atoms with Gasteiger partial charge in [0, 0.05) is 6.54 Å². The zero-order valence-electron chi connectivity index (χ0n) is 10.5. The molecule has 0 saturated heterocycles. The summed E-state index contributed by atoms with van der Waals surface area (Å²) < 4.78 is 5.12. The van der Waals surface area contributed by atoms with Crippen LogP contribution in [0, 0.1) is 0 Å². The van der Waals surface area contributed by atoms with Crippen molar-refractivity contribution in [3.63, 3.8) is 0 Å². The maximum atomic E-state index is 11.8. The van der Waals surface area contributed by atoms with Crippen molar-refractivity contribution < 1.29 is 14.3 Å². The first-order valence-electron chi connectivity index (χ1n) is 5.69. The highest BCUT2D eigenvalue weighted by molar-refractivity contribution is 5.81. The summed E-state index contributed by atoms with van der Waals surface area (Å²) in [6, 6.07) is 3.31. The SMILES string of the molecule is CC(O)CN(C)C(C)C(=O)NCc1ccco1. The number of rotatable bonds is 6. The molecule has 0 aliphatic rings. The van der Waals surface area contributed by atoms with E-state index in [-0.39, 0.29) is 11.9 Å². The van der Waals surface area contributed by atoms with Crippen LogP contribution < -0.4 is 5.32 Å². The lowest BCUT2D eigenvalue weighted by atomic mass is 10.2. The number of furan rings is 1. The number of amides is 1. The van der Waals surface area contributed by atoms with Crippen LogP contribution in [0.3, 0.4) is 0 Å². The minimum absolute atomic E-state index is 0.0791. The number of hydrogen-bond donors (Lipinski definition) is 2. The van der Waals surface area contributed by atoms with Gasteiger partial charge in [-0.15, -0.1) is 0 Å². The summed E-state index contributed by atoms with van der Waals surface area (Å²) in [7, 11) is 1.81. The van der Waals surface area contributed by atoms with Crippen LogP contribution in [0.25, 0.3) is 0 Å². The second kappa shape index (κ2) is 6.42. The number of aliphatic hydroxyl groups is 1. The van der Waals surface area contributed by atoms with Gasteiger partial charge in [-0.2, -0.15) is 0 Å². The maximum Gasteiger partial charge on any atom is 0.237 e. The molecule has 1 aromatic rings. The quantitative estimate of drug-likeness (QED) is 0.764. The van der Waals surface area contributed by atoms with E-state index >= 15 is 0 Å². The number of carbonyl (C=O) groups is 1. The van der Waals surface area contributed by atoms with Crippen LogP contribution >= 0.6 is 0 Å². The minimum atomic E-state index is -0.444. The Morgan fingerprint density at radius 2 is 2.29 bits per heavy atom. The van der Waals surface area contributed by atoms with Gasteiger partial charge >= 0.3 is 0 Å². The van der Waals surface area contributed by atoms with Gasteiger partial charge in [0.2, 0.25) is 5.91 Å². The van der Waals surface area contributed by atoms with Crippen LogP contribution in [0.4, 0.5) is 0 Å². The van der Waals surface area contributed by atoms with Gasteiger partial charge in [0.05, 0.1) is 25.0 Å². The molecule has 0 saturated carbocycles. The number of hydrogen-bond acceptors (Lipinski definition) is 4. The molecule has 5 heteroatoms. The lowest BCUT2D eigenvalue weighted by Crippen LogP contribution is -2.45. The fourth-order valence-electron chi connectivity index (χ4n) is 1.51. The number of likely N-dealkylation sites (N-methyl/N-ethyl adjacent to an activating group) is 1. The molecule has 0 aliphatic heterocycles. The van der Waals surface area contributed by atoms with E-state index in [4.69, 9.17) is 4.42 Å². The molecule has 2 N–H and O–H groups in total. The molecule has 0 bridgehead atoms. The van der Waals surface area contributed by atoms with Crippen LogP contribution in [-0.2, 0) is 11.3 Å². The van der Waals surface area contributed by atoms with E-state index in [0.717, 1.165) is 5.76 Å². The molecule has 1 heterocycles. The molecule has 0 fully saturated rings. The second-order valence-corrected chi connectivity index (χ2v) is 4.26. The van der Waals surface area contributed by atoms with Gasteiger partial charge in [0.1, 0.15) is 5.76 Å². The topological polar surface area (TPSA) is 65.7 Å². The Morgan fingerprint density at radius 1 is 1.59 bits per heavy atom. The standard InChI is InChI=1S/C12H20N2O3/c1-9(15)8-14(3)10(2)12(16)13-7-11-5-4-6-17-11/h4-6,9-10,15H,7-8H2,1-3H3,(H,13,16). The van der Waals surface area contributed by atoms with Gasteiger partial charge in [-0.05, 0) is 33.0 Å². The highest BCUT2D eigenvalue weighted by Crippen LogP contribution is 2.01. The predicted molar refractivity (Wildman–Crippen MR) is 64.3 cm³/mol. The van der Waals surface area contributed by atoms with Crippen molar-refractivity contribution in [2.45, 2.75) is 32.5 Å². The highest BCUT2D eigenvalue weighted by Gasteiger charge is 2.18. The summed E-state index contributed by atoms with van der Waals surface area (Å²) in [5.41, 5.74) is 0. The van der Waals surface area contributed by atoms with Crippen molar-refractivity contribution in [1.29, 1.82) is 0 Å². The normalized spacial score (nSPS) is 14.6. The van der Waals surface area contributed by atoms with Gasteiger partial charge in [-0.1, -0.05) is 0 Å². The van der Waals surface area contributed by atoms with Gasteiger partial charge in [0.25, 0.3) is 0 Å². The van der Waals surface area contributed by atoms with Crippen molar-refractivity contribution in [2.24, 2.45) is 0 Å². The summed E-state index contributed by atoms with van der Waals surface area (Å²) in [6.07, 6.45) is 1.13. The monoisotopic (exact) mass is 240 g/mol. The van der Waals surface area contributed by atoms with Crippen molar-refractivity contribution in [2.75, 3.05) is 13.6 Å². The maximum absolute atomic E-state index is 11.8. The number of nitrogens with zero attached hydrogens (tertiary/aromatic N) is 1. The molecule has 96 valence electrons. The van der Waals surface area contributed by atoms with Gasteiger partial charge in [-0.25, -0.2) is 0 Å². The third-order valence-electron chi connectivity index (χ3n) is 2.61. The number of carbonyl (C=O) groups excluding carboxylic acids is 1. The smallest absolute Gasteiger partial charge is 0.237 e. The Hall–Kier alpha value is -1.33. The van der Waals surface area contributed by atoms with E-state index in [1.165, 1.54) is 0 Å². The Morgan fingerprint density at radius 3 is 2.82 bits per heavy atom. The average Bonchev–Trinajstić information content (AvgIpc) is 2.76. The van der Waals surface area contributed by atoms with Crippen LogP contribution in [0.5, 0.6) is 0 Å². The lowest BCUT2D eigenvalue weighted by Gasteiger charge is -2.24. The van der Waals surface area contributed by atoms with E-state index in [0.29, 0.717) is 13.1 Å². The average molecular weight is 240 g/mol. The molecule has 1 aromatic heterocycles. The van der Waals surface area contributed by atoms with E-state index in [1.54, 1.807) is 26.2 Å². The van der Waals surface area contributed by atoms with E-state index in [1.807, 2.05) is 18.0 Å². The van der Waals surface area contributed by atoms with Gasteiger partial charge in [0.15, 0.2) is 0 Å². The summed E-state index contributed by atoms with van der Waals surface area (Å²) in [6.45, 7) is 4.36. The molecule has 0 spiro atoms. The molecular weight excluding hydrogens is 220 g/mol. The van der Waals surface area contributed by atoms with Crippen molar-refractivity contribution in [1.82, 2.24) is 10.2 Å². The molecule has 5 nitrogen and oxygen atoms in total. The van der Waals surface area contributed by atoms with E-state index < -0.39 is 6.10 Å². The Balaban J connectivity index is 2.36.